The van der Waals surface area contributed by atoms with Gasteiger partial charge in [-0.05, 0) is 66.4 Å². The van der Waals surface area contributed by atoms with E-state index in [1.807, 2.05) is 18.1 Å². The molecule has 1 aliphatic heterocycles. The van der Waals surface area contributed by atoms with Crippen molar-refractivity contribution in [1.82, 2.24) is 22.3 Å². The number of ether oxygens (including phenoxy) is 1. The van der Waals surface area contributed by atoms with Gasteiger partial charge >= 0.3 is 5.97 Å². The molecule has 3 rings (SSSR count). The first kappa shape index (κ1) is 26.8. The van der Waals surface area contributed by atoms with Crippen LogP contribution in [0.1, 0.15) is 23.1 Å². The highest BCUT2D eigenvalue weighted by Gasteiger charge is 2.26. The summed E-state index contributed by atoms with van der Waals surface area (Å²) in [5.74, 6) is 23.4. The largest absolute Gasteiger partial charge is 0.472 e. The molecule has 0 saturated carbocycles. The molecule has 0 atom stereocenters. The van der Waals surface area contributed by atoms with E-state index in [2.05, 4.69) is 63.3 Å². The SMILES string of the molecule is CC#CC#CC#CC#CC#CC(=O)O.N.N.O=C1/C(=C/c2ncc[nH]2)Oc2ccccc21. The van der Waals surface area contributed by atoms with E-state index >= 15 is 0 Å². The number of fused-ring (bicyclic) bond motifs is 1. The molecule has 0 saturated heterocycles. The van der Waals surface area contributed by atoms with Gasteiger partial charge in [-0.3, -0.25) is 4.79 Å². The first-order chi connectivity index (χ1) is 14.6. The highest BCUT2D eigenvalue weighted by molar-refractivity contribution is 6.14. The number of aromatic amines is 1. The van der Waals surface area contributed by atoms with Gasteiger partial charge in [0.1, 0.15) is 11.6 Å². The van der Waals surface area contributed by atoms with Crippen molar-refractivity contribution in [2.24, 2.45) is 0 Å². The van der Waals surface area contributed by atoms with Crippen LogP contribution in [0.3, 0.4) is 0 Å². The molecule has 0 aliphatic carbocycles. The van der Waals surface area contributed by atoms with Crippen molar-refractivity contribution in [3.63, 3.8) is 0 Å². The number of aromatic nitrogens is 2. The number of para-hydroxylation sites is 1. The number of rotatable bonds is 1. The highest BCUT2D eigenvalue weighted by atomic mass is 16.5. The maximum Gasteiger partial charge on any atom is 0.382 e. The maximum absolute atomic E-state index is 11.9. The standard InChI is InChI=1S/C12H8N2O2.C12H4O2.2H3N/c15-12-8-3-1-2-4-9(8)16-10(12)7-11-13-5-6-14-11;1-2-3-4-5-6-7-8-9-10-11-12(13)14;;/h1-7H,(H,13,14);1H3,(H,13,14);2*1H3/b10-7-;;;. The van der Waals surface area contributed by atoms with Crippen LogP contribution < -0.4 is 17.0 Å². The predicted molar refractivity (Wildman–Crippen MR) is 120 cm³/mol. The highest BCUT2D eigenvalue weighted by Crippen LogP contribution is 2.30. The number of aliphatic carboxylic acids is 1. The second kappa shape index (κ2) is 14.8. The lowest BCUT2D eigenvalue weighted by Gasteiger charge is -1.95. The number of benzene rings is 1. The van der Waals surface area contributed by atoms with E-state index < -0.39 is 5.97 Å². The number of allylic oxidation sites excluding steroid dienone is 1. The summed E-state index contributed by atoms with van der Waals surface area (Å²) >= 11 is 0. The molecule has 1 aromatic carbocycles. The van der Waals surface area contributed by atoms with Crippen LogP contribution in [0.2, 0.25) is 0 Å². The van der Waals surface area contributed by atoms with Gasteiger partial charge in [0.15, 0.2) is 5.76 Å². The average molecular weight is 426 g/mol. The van der Waals surface area contributed by atoms with Crippen molar-refractivity contribution in [1.29, 1.82) is 0 Å². The van der Waals surface area contributed by atoms with Crippen LogP contribution in [-0.4, -0.2) is 26.8 Å². The quantitative estimate of drug-likeness (QED) is 0.402. The Balaban J connectivity index is 0.000000573. The zero-order valence-corrected chi connectivity index (χ0v) is 17.1. The molecule has 0 spiro atoms. The number of hydrogen-bond donors (Lipinski definition) is 4. The second-order valence-electron chi connectivity index (χ2n) is 5.09. The van der Waals surface area contributed by atoms with Crippen LogP contribution in [0.5, 0.6) is 5.75 Å². The smallest absolute Gasteiger partial charge is 0.382 e. The van der Waals surface area contributed by atoms with Crippen LogP contribution in [-0.2, 0) is 4.79 Å². The number of carbonyl (C=O) groups excluding carboxylic acids is 1. The molecule has 0 unspecified atom stereocenters. The van der Waals surface area contributed by atoms with Crippen molar-refractivity contribution in [3.05, 3.63) is 53.8 Å². The molecule has 0 amide bonds. The number of carbonyl (C=O) groups is 2. The number of hydrogen-bond acceptors (Lipinski definition) is 6. The fourth-order valence-corrected chi connectivity index (χ4v) is 1.95. The van der Waals surface area contributed by atoms with Gasteiger partial charge in [-0.15, -0.1) is 0 Å². The maximum atomic E-state index is 11.9. The summed E-state index contributed by atoms with van der Waals surface area (Å²) in [5, 5.41) is 8.10. The minimum Gasteiger partial charge on any atom is -0.472 e. The number of nitrogens with one attached hydrogen (secondary N) is 1. The zero-order chi connectivity index (χ0) is 21.6. The minimum atomic E-state index is -1.22. The molecular formula is C24H18N4O4. The molecule has 2 heterocycles. The average Bonchev–Trinajstić information content (AvgIpc) is 3.36. The molecule has 0 bridgehead atoms. The van der Waals surface area contributed by atoms with E-state index in [0.717, 1.165) is 0 Å². The molecule has 0 fully saturated rings. The molecule has 1 aromatic heterocycles. The molecule has 8 N–H and O–H groups in total. The Hall–Kier alpha value is -5.17. The number of ketones is 1. The number of nitrogens with zero attached hydrogens (tertiary/aromatic N) is 1. The van der Waals surface area contributed by atoms with Crippen molar-refractivity contribution >= 4 is 17.8 Å². The lowest BCUT2D eigenvalue weighted by Crippen LogP contribution is -1.98. The molecule has 158 valence electrons. The Morgan fingerprint density at radius 3 is 2.22 bits per heavy atom. The summed E-state index contributed by atoms with van der Waals surface area (Å²) in [6.45, 7) is 1.67. The van der Waals surface area contributed by atoms with Gasteiger partial charge in [0, 0.05) is 24.4 Å². The van der Waals surface area contributed by atoms with Gasteiger partial charge in [-0.25, -0.2) is 9.78 Å². The summed E-state index contributed by atoms with van der Waals surface area (Å²) in [7, 11) is 0. The van der Waals surface area contributed by atoms with Gasteiger partial charge in [-0.1, -0.05) is 18.1 Å². The first-order valence-electron chi connectivity index (χ1n) is 8.30. The number of Topliss-reactive ketones (excluding diaryl/α,β-unsaturated/α-hetero) is 1. The minimum absolute atomic E-state index is 0. The van der Waals surface area contributed by atoms with Crippen molar-refractivity contribution in [2.75, 3.05) is 0 Å². The molecular weight excluding hydrogens is 408 g/mol. The van der Waals surface area contributed by atoms with Crippen LogP contribution in [0.15, 0.2) is 42.4 Å². The third kappa shape index (κ3) is 8.89. The number of imidazole rings is 1. The van der Waals surface area contributed by atoms with Crippen LogP contribution in [0, 0.1) is 59.2 Å². The van der Waals surface area contributed by atoms with Crippen LogP contribution in [0.4, 0.5) is 0 Å². The van der Waals surface area contributed by atoms with Gasteiger partial charge in [0.05, 0.1) is 5.56 Å². The van der Waals surface area contributed by atoms with Crippen molar-refractivity contribution in [3.8, 4) is 65.0 Å². The summed E-state index contributed by atoms with van der Waals surface area (Å²) in [6, 6.07) is 7.18. The Bertz CT molecular complexity index is 1300. The Labute approximate surface area is 185 Å². The molecule has 8 nitrogen and oxygen atoms in total. The number of carboxylic acids is 1. The third-order valence-corrected chi connectivity index (χ3v) is 3.09. The summed E-state index contributed by atoms with van der Waals surface area (Å²) in [6.07, 6.45) is 4.92. The summed E-state index contributed by atoms with van der Waals surface area (Å²) in [5.41, 5.74) is 0.598. The van der Waals surface area contributed by atoms with E-state index in [4.69, 9.17) is 9.84 Å². The van der Waals surface area contributed by atoms with E-state index in [1.165, 1.54) is 0 Å². The molecule has 8 heteroatoms. The fourth-order valence-electron chi connectivity index (χ4n) is 1.95. The van der Waals surface area contributed by atoms with Crippen LogP contribution in [0.25, 0.3) is 6.08 Å². The predicted octanol–water partition coefficient (Wildman–Crippen LogP) is 2.46. The second-order valence-corrected chi connectivity index (χ2v) is 5.09. The molecule has 0 radical (unpaired) electrons. The van der Waals surface area contributed by atoms with E-state index in [1.54, 1.807) is 37.5 Å². The fraction of sp³-hybridized carbons (Fsp3) is 0.0417. The van der Waals surface area contributed by atoms with E-state index in [0.29, 0.717) is 22.9 Å². The first-order valence-corrected chi connectivity index (χ1v) is 8.30. The molecule has 32 heavy (non-hydrogen) atoms. The number of H-pyrrole nitrogens is 1. The lowest BCUT2D eigenvalue weighted by molar-refractivity contribution is -0.130. The molecule has 1 aliphatic rings. The van der Waals surface area contributed by atoms with Crippen LogP contribution >= 0.6 is 0 Å². The Morgan fingerprint density at radius 1 is 1.03 bits per heavy atom. The summed E-state index contributed by atoms with van der Waals surface area (Å²) in [4.78, 5) is 28.7. The van der Waals surface area contributed by atoms with Crippen molar-refractivity contribution < 1.29 is 19.4 Å². The van der Waals surface area contributed by atoms with Gasteiger partial charge in [0.2, 0.25) is 5.78 Å². The van der Waals surface area contributed by atoms with Gasteiger partial charge < -0.3 is 27.1 Å². The van der Waals surface area contributed by atoms with Gasteiger partial charge in [-0.2, -0.15) is 0 Å². The van der Waals surface area contributed by atoms with E-state index in [-0.39, 0.29) is 18.1 Å². The van der Waals surface area contributed by atoms with Crippen molar-refractivity contribution in [2.45, 2.75) is 6.92 Å². The lowest BCUT2D eigenvalue weighted by atomic mass is 10.1. The third-order valence-electron chi connectivity index (χ3n) is 3.09. The summed E-state index contributed by atoms with van der Waals surface area (Å²) < 4.78 is 5.44. The Kier molecular flexibility index (Phi) is 12.4. The van der Waals surface area contributed by atoms with E-state index in [9.17, 15) is 9.59 Å². The normalized spacial score (nSPS) is 10.2. The zero-order valence-electron chi connectivity index (χ0n) is 17.1. The topological polar surface area (TPSA) is 162 Å². The van der Waals surface area contributed by atoms with Gasteiger partial charge in [0.25, 0.3) is 0 Å². The number of carboxylic acid groups (broad SMARTS) is 1. The monoisotopic (exact) mass is 426 g/mol. The Morgan fingerprint density at radius 2 is 1.66 bits per heavy atom. The molecule has 2 aromatic rings.